The number of hydrogen-bond acceptors (Lipinski definition) is 3. The number of piperazine rings is 1. The summed E-state index contributed by atoms with van der Waals surface area (Å²) in [6.45, 7) is 5.02. The van der Waals surface area contributed by atoms with E-state index in [0.717, 1.165) is 4.47 Å². The van der Waals surface area contributed by atoms with E-state index in [1.54, 1.807) is 18.2 Å². The van der Waals surface area contributed by atoms with Gasteiger partial charge in [-0.3, -0.25) is 4.90 Å². The van der Waals surface area contributed by atoms with E-state index in [1.165, 1.54) is 4.31 Å². The summed E-state index contributed by atoms with van der Waals surface area (Å²) >= 11 is 9.37. The second kappa shape index (κ2) is 5.93. The van der Waals surface area contributed by atoms with Gasteiger partial charge in [0.05, 0.1) is 5.02 Å². The van der Waals surface area contributed by atoms with E-state index < -0.39 is 10.0 Å². The number of halogens is 2. The molecule has 7 heteroatoms. The van der Waals surface area contributed by atoms with Crippen LogP contribution >= 0.6 is 27.5 Å². The Morgan fingerprint density at radius 3 is 2.30 bits per heavy atom. The minimum atomic E-state index is -3.54. The average Bonchev–Trinajstić information content (AvgIpc) is 2.34. The molecule has 0 spiro atoms. The summed E-state index contributed by atoms with van der Waals surface area (Å²) in [6.07, 6.45) is 0. The fourth-order valence-electron chi connectivity index (χ4n) is 2.38. The van der Waals surface area contributed by atoms with Gasteiger partial charge in [-0.1, -0.05) is 27.5 Å². The topological polar surface area (TPSA) is 40.6 Å². The van der Waals surface area contributed by atoms with Gasteiger partial charge < -0.3 is 0 Å². The molecular formula is C13H18BrClN2O2S. The number of benzene rings is 1. The van der Waals surface area contributed by atoms with Gasteiger partial charge in [-0.25, -0.2) is 8.42 Å². The lowest BCUT2D eigenvalue weighted by atomic mass is 10.1. The van der Waals surface area contributed by atoms with Gasteiger partial charge in [0.25, 0.3) is 0 Å². The molecule has 0 aromatic heterocycles. The van der Waals surface area contributed by atoms with E-state index in [4.69, 9.17) is 11.6 Å². The van der Waals surface area contributed by atoms with Crippen LogP contribution in [0.15, 0.2) is 27.6 Å². The molecule has 0 bridgehead atoms. The number of likely N-dealkylation sites (N-methyl/N-ethyl adjacent to an activating group) is 1. The van der Waals surface area contributed by atoms with Crippen LogP contribution in [0.25, 0.3) is 0 Å². The average molecular weight is 382 g/mol. The summed E-state index contributed by atoms with van der Waals surface area (Å²) in [5.74, 6) is 0. The Balaban J connectivity index is 2.35. The molecule has 1 aromatic rings. The zero-order valence-corrected chi connectivity index (χ0v) is 14.8. The Morgan fingerprint density at radius 2 is 1.80 bits per heavy atom. The predicted octanol–water partition coefficient (Wildman–Crippen LogP) is 2.82. The van der Waals surface area contributed by atoms with Crippen molar-refractivity contribution in [1.82, 2.24) is 9.21 Å². The smallest absolute Gasteiger partial charge is 0.244 e. The molecule has 0 radical (unpaired) electrons. The van der Waals surface area contributed by atoms with E-state index in [1.807, 2.05) is 20.9 Å². The van der Waals surface area contributed by atoms with E-state index in [0.29, 0.717) is 13.1 Å². The summed E-state index contributed by atoms with van der Waals surface area (Å²) in [6, 6.07) is 5.22. The normalized spacial score (nSPS) is 25.9. The Labute approximate surface area is 133 Å². The van der Waals surface area contributed by atoms with Crippen LogP contribution in [0.3, 0.4) is 0 Å². The van der Waals surface area contributed by atoms with Gasteiger partial charge in [0.1, 0.15) is 4.90 Å². The van der Waals surface area contributed by atoms with Gasteiger partial charge in [-0.05, 0) is 39.1 Å². The molecule has 1 aliphatic heterocycles. The Hall–Kier alpha value is -0.140. The van der Waals surface area contributed by atoms with Crippen LogP contribution in [-0.4, -0.2) is 49.8 Å². The van der Waals surface area contributed by atoms with Gasteiger partial charge >= 0.3 is 0 Å². The highest BCUT2D eigenvalue weighted by Crippen LogP contribution is 2.29. The first kappa shape index (κ1) is 16.2. The first-order valence-corrected chi connectivity index (χ1v) is 9.01. The van der Waals surface area contributed by atoms with Crippen LogP contribution in [0, 0.1) is 0 Å². The van der Waals surface area contributed by atoms with Crippen LogP contribution < -0.4 is 0 Å². The third-order valence-corrected chi connectivity index (χ3v) is 6.65. The van der Waals surface area contributed by atoms with Crippen molar-refractivity contribution >= 4 is 37.6 Å². The number of sulfonamides is 1. The molecule has 0 saturated carbocycles. The molecule has 2 unspecified atom stereocenters. The van der Waals surface area contributed by atoms with Crippen molar-refractivity contribution in [2.24, 2.45) is 0 Å². The summed E-state index contributed by atoms with van der Waals surface area (Å²) in [4.78, 5) is 2.36. The highest BCUT2D eigenvalue weighted by atomic mass is 79.9. The molecule has 0 N–H and O–H groups in total. The standard InChI is InChI=1S/C13H18BrClN2O2S/c1-9-7-17(8-10(2)16(9)3)20(18,19)13-5-4-11(14)6-12(13)15/h4-6,9-10H,7-8H2,1-3H3. The van der Waals surface area contributed by atoms with Crippen molar-refractivity contribution in [1.29, 1.82) is 0 Å². The first-order chi connectivity index (χ1) is 9.23. The molecule has 0 aliphatic carbocycles. The molecule has 1 fully saturated rings. The zero-order chi connectivity index (χ0) is 15.1. The number of hydrogen-bond donors (Lipinski definition) is 0. The van der Waals surface area contributed by atoms with Crippen LogP contribution in [0.5, 0.6) is 0 Å². The minimum absolute atomic E-state index is 0.173. The quantitative estimate of drug-likeness (QED) is 0.791. The van der Waals surface area contributed by atoms with Gasteiger partial charge in [0.2, 0.25) is 10.0 Å². The summed E-state index contributed by atoms with van der Waals surface area (Å²) in [5.41, 5.74) is 0. The lowest BCUT2D eigenvalue weighted by molar-refractivity contribution is 0.105. The second-order valence-electron chi connectivity index (χ2n) is 5.26. The highest BCUT2D eigenvalue weighted by Gasteiger charge is 2.35. The van der Waals surface area contributed by atoms with Crippen molar-refractivity contribution in [3.63, 3.8) is 0 Å². The van der Waals surface area contributed by atoms with Crippen LogP contribution in [-0.2, 0) is 10.0 Å². The van der Waals surface area contributed by atoms with Crippen molar-refractivity contribution in [2.75, 3.05) is 20.1 Å². The lowest BCUT2D eigenvalue weighted by Crippen LogP contribution is -2.56. The van der Waals surface area contributed by atoms with E-state index >= 15 is 0 Å². The third-order valence-electron chi connectivity index (χ3n) is 3.84. The van der Waals surface area contributed by atoms with E-state index in [9.17, 15) is 8.42 Å². The third kappa shape index (κ3) is 3.04. The summed E-state index contributed by atoms with van der Waals surface area (Å²) in [5, 5.41) is 0.249. The molecule has 1 aliphatic rings. The van der Waals surface area contributed by atoms with Gasteiger partial charge in [-0.15, -0.1) is 0 Å². The molecular weight excluding hydrogens is 364 g/mol. The molecule has 1 aromatic carbocycles. The van der Waals surface area contributed by atoms with Gasteiger partial charge in [0, 0.05) is 29.6 Å². The maximum absolute atomic E-state index is 12.7. The Kier molecular flexibility index (Phi) is 4.81. The fraction of sp³-hybridized carbons (Fsp3) is 0.538. The molecule has 1 saturated heterocycles. The number of nitrogens with zero attached hydrogens (tertiary/aromatic N) is 2. The van der Waals surface area contributed by atoms with E-state index in [2.05, 4.69) is 20.8 Å². The summed E-state index contributed by atoms with van der Waals surface area (Å²) < 4.78 is 27.7. The molecule has 2 atom stereocenters. The van der Waals surface area contributed by atoms with Gasteiger partial charge in [0.15, 0.2) is 0 Å². The highest BCUT2D eigenvalue weighted by molar-refractivity contribution is 9.10. The zero-order valence-electron chi connectivity index (χ0n) is 11.7. The molecule has 1 heterocycles. The maximum atomic E-state index is 12.7. The maximum Gasteiger partial charge on any atom is 0.244 e. The lowest BCUT2D eigenvalue weighted by Gasteiger charge is -2.41. The molecule has 4 nitrogen and oxygen atoms in total. The van der Waals surface area contributed by atoms with Crippen LogP contribution in [0.1, 0.15) is 13.8 Å². The van der Waals surface area contributed by atoms with Crippen molar-refractivity contribution in [3.05, 3.63) is 27.7 Å². The fourth-order valence-corrected chi connectivity index (χ4v) is 4.99. The first-order valence-electron chi connectivity index (χ1n) is 6.40. The van der Waals surface area contributed by atoms with Gasteiger partial charge in [-0.2, -0.15) is 4.31 Å². The molecule has 2 rings (SSSR count). The van der Waals surface area contributed by atoms with Crippen LogP contribution in [0.4, 0.5) is 0 Å². The second-order valence-corrected chi connectivity index (χ2v) is 8.49. The minimum Gasteiger partial charge on any atom is -0.298 e. The summed E-state index contributed by atoms with van der Waals surface area (Å²) in [7, 11) is -1.53. The molecule has 0 amide bonds. The number of rotatable bonds is 2. The van der Waals surface area contributed by atoms with Crippen molar-refractivity contribution < 1.29 is 8.42 Å². The molecule has 112 valence electrons. The Bertz CT molecular complexity index is 596. The van der Waals surface area contributed by atoms with Crippen molar-refractivity contribution in [2.45, 2.75) is 30.8 Å². The SMILES string of the molecule is CC1CN(S(=O)(=O)c2ccc(Br)cc2Cl)CC(C)N1C. The van der Waals surface area contributed by atoms with Crippen molar-refractivity contribution in [3.8, 4) is 0 Å². The molecule has 20 heavy (non-hydrogen) atoms. The predicted molar refractivity (Wildman–Crippen MR) is 84.6 cm³/mol. The van der Waals surface area contributed by atoms with E-state index in [-0.39, 0.29) is 22.0 Å². The largest absolute Gasteiger partial charge is 0.298 e. The van der Waals surface area contributed by atoms with Crippen LogP contribution in [0.2, 0.25) is 5.02 Å². The monoisotopic (exact) mass is 380 g/mol. The Morgan fingerprint density at radius 1 is 1.25 bits per heavy atom.